The number of amides is 3. The van der Waals surface area contributed by atoms with Crippen LogP contribution in [0.25, 0.3) is 11.5 Å². The first kappa shape index (κ1) is 26.8. The molecule has 0 saturated carbocycles. The SMILES string of the molecule is CONC(=O)c1ccn(-c2ncc(NC(=O)Nc3cnc4cc(Cl)nn4c3[C@H](C)OC)cc2C(F)(F)F)n1. The fourth-order valence-electron chi connectivity index (χ4n) is 3.43. The van der Waals surface area contributed by atoms with E-state index in [1.807, 2.05) is 5.48 Å². The molecule has 0 unspecified atom stereocenters. The van der Waals surface area contributed by atoms with Crippen molar-refractivity contribution in [2.45, 2.75) is 19.2 Å². The van der Waals surface area contributed by atoms with E-state index in [2.05, 4.69) is 35.6 Å². The molecule has 4 rings (SSSR count). The molecule has 0 aliphatic carbocycles. The van der Waals surface area contributed by atoms with Gasteiger partial charge in [-0.3, -0.25) is 9.63 Å². The van der Waals surface area contributed by atoms with E-state index >= 15 is 0 Å². The Morgan fingerprint density at radius 3 is 2.55 bits per heavy atom. The normalized spacial score (nSPS) is 12.4. The van der Waals surface area contributed by atoms with Gasteiger partial charge in [-0.2, -0.15) is 23.4 Å². The minimum absolute atomic E-state index is 0.165. The molecule has 17 heteroatoms. The second kappa shape index (κ2) is 10.6. The lowest BCUT2D eigenvalue weighted by atomic mass is 10.2. The standard InChI is InChI=1S/C21H19ClF3N9O4/c1-10(37-2)17-14(9-26-16-7-15(22)31-34(16)17)29-20(36)28-11-6-12(21(23,24)25)18(27-8-11)33-5-4-13(30-33)19(35)32-38-3/h4-10H,1-3H3,(H,32,35)(H2,28,29,36)/t10-/m0/s1. The summed E-state index contributed by atoms with van der Waals surface area (Å²) in [6.45, 7) is 1.70. The van der Waals surface area contributed by atoms with E-state index in [0.717, 1.165) is 17.1 Å². The topological polar surface area (TPSA) is 150 Å². The number of ether oxygens (including phenoxy) is 1. The van der Waals surface area contributed by atoms with E-state index in [1.54, 1.807) is 6.92 Å². The largest absolute Gasteiger partial charge is 0.420 e. The van der Waals surface area contributed by atoms with Crippen molar-refractivity contribution in [3.63, 3.8) is 0 Å². The number of nitrogens with one attached hydrogen (secondary N) is 3. The lowest BCUT2D eigenvalue weighted by Crippen LogP contribution is -2.23. The molecule has 3 N–H and O–H groups in total. The van der Waals surface area contributed by atoms with Crippen LogP contribution in [0.5, 0.6) is 0 Å². The van der Waals surface area contributed by atoms with Crippen molar-refractivity contribution >= 4 is 40.6 Å². The molecule has 1 atom stereocenters. The zero-order chi connectivity index (χ0) is 27.6. The summed E-state index contributed by atoms with van der Waals surface area (Å²) >= 11 is 5.97. The van der Waals surface area contributed by atoms with Gasteiger partial charge in [0.05, 0.1) is 42.7 Å². The molecule has 4 heterocycles. The third-order valence-electron chi connectivity index (χ3n) is 5.14. The Morgan fingerprint density at radius 2 is 1.87 bits per heavy atom. The predicted molar refractivity (Wildman–Crippen MR) is 127 cm³/mol. The fourth-order valence-corrected chi connectivity index (χ4v) is 3.61. The number of methoxy groups -OCH3 is 1. The van der Waals surface area contributed by atoms with Gasteiger partial charge in [-0.05, 0) is 19.1 Å². The van der Waals surface area contributed by atoms with Gasteiger partial charge in [0, 0.05) is 19.4 Å². The summed E-state index contributed by atoms with van der Waals surface area (Å²) in [4.78, 5) is 37.0. The second-order valence-corrected chi connectivity index (χ2v) is 8.01. The number of hydroxylamine groups is 1. The van der Waals surface area contributed by atoms with E-state index in [9.17, 15) is 22.8 Å². The number of fused-ring (bicyclic) bond motifs is 1. The Hall–Kier alpha value is -4.28. The van der Waals surface area contributed by atoms with Crippen molar-refractivity contribution in [1.82, 2.24) is 34.8 Å². The number of urea groups is 1. The third-order valence-corrected chi connectivity index (χ3v) is 5.33. The highest BCUT2D eigenvalue weighted by molar-refractivity contribution is 6.29. The highest BCUT2D eigenvalue weighted by Gasteiger charge is 2.36. The van der Waals surface area contributed by atoms with Gasteiger partial charge in [0.2, 0.25) is 0 Å². The zero-order valence-electron chi connectivity index (χ0n) is 19.9. The maximum atomic E-state index is 13.9. The van der Waals surface area contributed by atoms with Gasteiger partial charge in [-0.1, -0.05) is 11.6 Å². The Balaban J connectivity index is 1.61. The van der Waals surface area contributed by atoms with Crippen molar-refractivity contribution in [2.75, 3.05) is 24.9 Å². The molecule has 4 aromatic heterocycles. The van der Waals surface area contributed by atoms with Gasteiger partial charge in [-0.15, -0.1) is 0 Å². The zero-order valence-corrected chi connectivity index (χ0v) is 20.6. The first-order valence-electron chi connectivity index (χ1n) is 10.6. The second-order valence-electron chi connectivity index (χ2n) is 7.63. The number of anilines is 2. The molecular formula is C21H19ClF3N9O4. The lowest BCUT2D eigenvalue weighted by molar-refractivity contribution is -0.137. The molecule has 200 valence electrons. The Bertz CT molecular complexity index is 1510. The van der Waals surface area contributed by atoms with E-state index in [1.165, 1.54) is 37.1 Å². The Morgan fingerprint density at radius 1 is 1.11 bits per heavy atom. The van der Waals surface area contributed by atoms with Crippen LogP contribution in [-0.4, -0.2) is 55.5 Å². The highest BCUT2D eigenvalue weighted by atomic mass is 35.5. The molecule has 0 spiro atoms. The predicted octanol–water partition coefficient (Wildman–Crippen LogP) is 3.62. The van der Waals surface area contributed by atoms with Gasteiger partial charge in [0.25, 0.3) is 5.91 Å². The number of nitrogens with zero attached hydrogens (tertiary/aromatic N) is 6. The van der Waals surface area contributed by atoms with Gasteiger partial charge < -0.3 is 15.4 Å². The number of hydrogen-bond donors (Lipinski definition) is 3. The molecule has 0 bridgehead atoms. The summed E-state index contributed by atoms with van der Waals surface area (Å²) in [6, 6.07) is 2.50. The van der Waals surface area contributed by atoms with Crippen LogP contribution in [0, 0.1) is 0 Å². The molecule has 0 fully saturated rings. The van der Waals surface area contributed by atoms with Crippen molar-refractivity contribution in [3.8, 4) is 5.82 Å². The maximum Gasteiger partial charge on any atom is 0.420 e. The van der Waals surface area contributed by atoms with E-state index in [-0.39, 0.29) is 22.2 Å². The summed E-state index contributed by atoms with van der Waals surface area (Å²) in [6.07, 6.45) is -1.95. The Kier molecular flexibility index (Phi) is 7.47. The lowest BCUT2D eigenvalue weighted by Gasteiger charge is -2.17. The monoisotopic (exact) mass is 553 g/mol. The van der Waals surface area contributed by atoms with Gasteiger partial charge in [0.1, 0.15) is 5.56 Å². The minimum atomic E-state index is -4.87. The average Bonchev–Trinajstić information content (AvgIpc) is 3.49. The molecule has 0 radical (unpaired) electrons. The van der Waals surface area contributed by atoms with Crippen molar-refractivity contribution in [3.05, 3.63) is 58.9 Å². The van der Waals surface area contributed by atoms with Gasteiger partial charge in [-0.25, -0.2) is 29.4 Å². The number of halogens is 4. The molecule has 0 aliphatic heterocycles. The maximum absolute atomic E-state index is 13.9. The van der Waals surface area contributed by atoms with Crippen molar-refractivity contribution in [1.29, 1.82) is 0 Å². The molecule has 38 heavy (non-hydrogen) atoms. The van der Waals surface area contributed by atoms with Crippen LogP contribution in [0.4, 0.5) is 29.3 Å². The van der Waals surface area contributed by atoms with Crippen LogP contribution in [0.1, 0.15) is 34.8 Å². The number of hydrogen-bond acceptors (Lipinski definition) is 8. The number of alkyl halides is 3. The number of carbonyl (C=O) groups excluding carboxylic acids is 2. The summed E-state index contributed by atoms with van der Waals surface area (Å²) in [5, 5.41) is 12.9. The molecule has 13 nitrogen and oxygen atoms in total. The van der Waals surface area contributed by atoms with E-state index in [0.29, 0.717) is 17.4 Å². The van der Waals surface area contributed by atoms with Crippen molar-refractivity contribution in [2.24, 2.45) is 0 Å². The number of pyridine rings is 1. The molecule has 0 aliphatic rings. The quantitative estimate of drug-likeness (QED) is 0.294. The van der Waals surface area contributed by atoms with Gasteiger partial charge >= 0.3 is 12.2 Å². The van der Waals surface area contributed by atoms with Crippen LogP contribution < -0.4 is 16.1 Å². The summed E-state index contributed by atoms with van der Waals surface area (Å²) in [7, 11) is 2.64. The molecule has 4 aromatic rings. The molecule has 0 aromatic carbocycles. The number of aromatic nitrogens is 6. The summed E-state index contributed by atoms with van der Waals surface area (Å²) in [5.74, 6) is -1.37. The third kappa shape index (κ3) is 5.51. The molecular weight excluding hydrogens is 535 g/mol. The summed E-state index contributed by atoms with van der Waals surface area (Å²) in [5.41, 5.74) is 1.32. The molecule has 3 amide bonds. The Labute approximate surface area is 216 Å². The first-order chi connectivity index (χ1) is 18.0. The highest BCUT2D eigenvalue weighted by Crippen LogP contribution is 2.34. The van der Waals surface area contributed by atoms with Crippen LogP contribution in [0.15, 0.2) is 36.8 Å². The van der Waals surface area contributed by atoms with Gasteiger partial charge in [0.15, 0.2) is 22.3 Å². The van der Waals surface area contributed by atoms with Crippen LogP contribution in [0.3, 0.4) is 0 Å². The van der Waals surface area contributed by atoms with Crippen LogP contribution in [0.2, 0.25) is 5.15 Å². The fraction of sp³-hybridized carbons (Fsp3) is 0.238. The number of carbonyl (C=O) groups is 2. The van der Waals surface area contributed by atoms with Crippen molar-refractivity contribution < 1.29 is 32.3 Å². The first-order valence-corrected chi connectivity index (χ1v) is 11.0. The number of rotatable bonds is 7. The van der Waals surface area contributed by atoms with E-state index in [4.69, 9.17) is 16.3 Å². The van der Waals surface area contributed by atoms with Crippen LogP contribution in [-0.2, 0) is 15.8 Å². The minimum Gasteiger partial charge on any atom is -0.375 e. The summed E-state index contributed by atoms with van der Waals surface area (Å²) < 4.78 is 49.1. The van der Waals surface area contributed by atoms with E-state index < -0.39 is 35.6 Å². The smallest absolute Gasteiger partial charge is 0.375 e. The van der Waals surface area contributed by atoms with Crippen LogP contribution >= 0.6 is 11.6 Å². The molecule has 0 saturated heterocycles. The average molecular weight is 554 g/mol.